The minimum Gasteiger partial charge on any atom is -0.393 e. The molecule has 0 atom stereocenters. The Kier molecular flexibility index (Phi) is 5.08. The number of halogens is 3. The summed E-state index contributed by atoms with van der Waals surface area (Å²) in [6.45, 7) is 0. The number of aromatic nitrogens is 2. The summed E-state index contributed by atoms with van der Waals surface area (Å²) in [4.78, 5) is 8.36. The van der Waals surface area contributed by atoms with Crippen molar-refractivity contribution in [1.29, 1.82) is 0 Å². The van der Waals surface area contributed by atoms with Gasteiger partial charge < -0.3 is 16.4 Å². The van der Waals surface area contributed by atoms with Crippen LogP contribution >= 0.6 is 39.1 Å². The molecule has 4 N–H and O–H groups in total. The zero-order valence-electron chi connectivity index (χ0n) is 12.2. The van der Waals surface area contributed by atoms with E-state index in [4.69, 9.17) is 28.9 Å². The lowest BCUT2D eigenvalue weighted by atomic mass is 10.3. The molecule has 3 aromatic rings. The van der Waals surface area contributed by atoms with E-state index in [2.05, 4.69) is 36.5 Å². The SMILES string of the molecule is Nc1c(Nc2cccc(Br)c2)ncnc1Nc1ccc(Cl)c(Cl)c1. The molecular weight excluding hydrogens is 413 g/mol. The van der Waals surface area contributed by atoms with Crippen molar-refractivity contribution in [2.45, 2.75) is 0 Å². The van der Waals surface area contributed by atoms with Crippen LogP contribution < -0.4 is 16.4 Å². The molecule has 24 heavy (non-hydrogen) atoms. The molecule has 0 amide bonds. The van der Waals surface area contributed by atoms with E-state index in [1.807, 2.05) is 24.3 Å². The Hall–Kier alpha value is -2.02. The molecule has 0 radical (unpaired) electrons. The molecule has 122 valence electrons. The van der Waals surface area contributed by atoms with Crippen LogP contribution in [0.4, 0.5) is 28.7 Å². The number of hydrogen-bond donors (Lipinski definition) is 3. The van der Waals surface area contributed by atoms with E-state index >= 15 is 0 Å². The molecule has 1 heterocycles. The number of benzene rings is 2. The first-order valence-electron chi connectivity index (χ1n) is 6.88. The molecule has 1 aromatic heterocycles. The molecule has 0 unspecified atom stereocenters. The lowest BCUT2D eigenvalue weighted by Crippen LogP contribution is -2.05. The lowest BCUT2D eigenvalue weighted by Gasteiger charge is -2.13. The first kappa shape index (κ1) is 16.8. The van der Waals surface area contributed by atoms with Gasteiger partial charge in [-0.3, -0.25) is 0 Å². The van der Waals surface area contributed by atoms with Crippen LogP contribution in [0.15, 0.2) is 53.3 Å². The third kappa shape index (κ3) is 3.90. The second-order valence-electron chi connectivity index (χ2n) is 4.87. The summed E-state index contributed by atoms with van der Waals surface area (Å²) in [7, 11) is 0. The summed E-state index contributed by atoms with van der Waals surface area (Å²) in [5.74, 6) is 0.978. The van der Waals surface area contributed by atoms with Crippen molar-refractivity contribution >= 4 is 67.8 Å². The Labute approximate surface area is 157 Å². The van der Waals surface area contributed by atoms with Gasteiger partial charge in [-0.05, 0) is 36.4 Å². The van der Waals surface area contributed by atoms with E-state index < -0.39 is 0 Å². The highest BCUT2D eigenvalue weighted by Crippen LogP contribution is 2.31. The summed E-state index contributed by atoms with van der Waals surface area (Å²) in [5, 5.41) is 7.20. The van der Waals surface area contributed by atoms with Crippen LogP contribution in [-0.2, 0) is 0 Å². The number of nitrogen functional groups attached to an aromatic ring is 1. The zero-order chi connectivity index (χ0) is 17.1. The molecule has 0 aliphatic rings. The number of nitrogens with zero attached hydrogens (tertiary/aromatic N) is 2. The molecule has 0 fully saturated rings. The number of nitrogens with two attached hydrogens (primary N) is 1. The minimum absolute atomic E-state index is 0.392. The van der Waals surface area contributed by atoms with E-state index in [-0.39, 0.29) is 0 Å². The normalized spacial score (nSPS) is 10.5. The number of nitrogens with one attached hydrogen (secondary N) is 2. The van der Waals surface area contributed by atoms with Crippen molar-refractivity contribution in [2.24, 2.45) is 0 Å². The Morgan fingerprint density at radius 3 is 2.17 bits per heavy atom. The van der Waals surface area contributed by atoms with Crippen molar-refractivity contribution < 1.29 is 0 Å². The van der Waals surface area contributed by atoms with Gasteiger partial charge in [-0.15, -0.1) is 0 Å². The van der Waals surface area contributed by atoms with E-state index in [1.54, 1.807) is 18.2 Å². The molecule has 0 aliphatic carbocycles. The Morgan fingerprint density at radius 2 is 1.54 bits per heavy atom. The smallest absolute Gasteiger partial charge is 0.159 e. The third-order valence-corrected chi connectivity index (χ3v) is 4.39. The maximum absolute atomic E-state index is 6.16. The van der Waals surface area contributed by atoms with Crippen molar-refractivity contribution in [3.63, 3.8) is 0 Å². The monoisotopic (exact) mass is 423 g/mol. The highest BCUT2D eigenvalue weighted by atomic mass is 79.9. The van der Waals surface area contributed by atoms with Gasteiger partial charge in [-0.25, -0.2) is 9.97 Å². The van der Waals surface area contributed by atoms with Gasteiger partial charge in [0.2, 0.25) is 0 Å². The zero-order valence-corrected chi connectivity index (χ0v) is 15.3. The predicted octanol–water partition coefficient (Wildman–Crippen LogP) is 5.62. The van der Waals surface area contributed by atoms with Gasteiger partial charge >= 0.3 is 0 Å². The summed E-state index contributed by atoms with van der Waals surface area (Å²) < 4.78 is 0.953. The van der Waals surface area contributed by atoms with Gasteiger partial charge in [0.15, 0.2) is 11.6 Å². The predicted molar refractivity (Wildman–Crippen MR) is 104 cm³/mol. The maximum atomic E-state index is 6.16. The van der Waals surface area contributed by atoms with Gasteiger partial charge in [-0.1, -0.05) is 45.2 Å². The van der Waals surface area contributed by atoms with E-state index in [9.17, 15) is 0 Å². The Bertz CT molecular complexity index is 888. The van der Waals surface area contributed by atoms with Crippen molar-refractivity contribution in [2.75, 3.05) is 16.4 Å². The van der Waals surface area contributed by atoms with Crippen LogP contribution in [0.1, 0.15) is 0 Å². The average Bonchev–Trinajstić information content (AvgIpc) is 2.55. The molecule has 0 saturated carbocycles. The standard InChI is InChI=1S/C16H12BrCl2N5/c17-9-2-1-3-10(6-9)23-15-14(20)16(22-8-21-15)24-11-4-5-12(18)13(19)7-11/h1-8H,20H2,(H2,21,22,23,24). The summed E-state index contributed by atoms with van der Waals surface area (Å²) >= 11 is 15.4. The van der Waals surface area contributed by atoms with Gasteiger partial charge in [0, 0.05) is 15.8 Å². The van der Waals surface area contributed by atoms with E-state index in [0.717, 1.165) is 15.8 Å². The van der Waals surface area contributed by atoms with Crippen LogP contribution in [-0.4, -0.2) is 9.97 Å². The summed E-state index contributed by atoms with van der Waals surface area (Å²) in [6.07, 6.45) is 1.43. The summed E-state index contributed by atoms with van der Waals surface area (Å²) in [5.41, 5.74) is 8.14. The molecule has 0 saturated heterocycles. The average molecular weight is 425 g/mol. The molecule has 2 aromatic carbocycles. The van der Waals surface area contributed by atoms with Crippen molar-refractivity contribution in [3.8, 4) is 0 Å². The molecule has 3 rings (SSSR count). The first-order chi connectivity index (χ1) is 11.5. The fourth-order valence-electron chi connectivity index (χ4n) is 2.01. The number of hydrogen-bond acceptors (Lipinski definition) is 5. The van der Waals surface area contributed by atoms with Crippen LogP contribution in [0.3, 0.4) is 0 Å². The molecule has 0 spiro atoms. The Morgan fingerprint density at radius 1 is 0.875 bits per heavy atom. The largest absolute Gasteiger partial charge is 0.393 e. The first-order valence-corrected chi connectivity index (χ1v) is 8.43. The van der Waals surface area contributed by atoms with E-state index in [1.165, 1.54) is 6.33 Å². The van der Waals surface area contributed by atoms with Crippen LogP contribution in [0, 0.1) is 0 Å². The number of anilines is 5. The van der Waals surface area contributed by atoms with Gasteiger partial charge in [0.25, 0.3) is 0 Å². The molecule has 0 aliphatic heterocycles. The molecular formula is C16H12BrCl2N5. The quantitative estimate of drug-likeness (QED) is 0.507. The van der Waals surface area contributed by atoms with Crippen LogP contribution in [0.2, 0.25) is 10.0 Å². The molecule has 0 bridgehead atoms. The highest BCUT2D eigenvalue weighted by molar-refractivity contribution is 9.10. The second-order valence-corrected chi connectivity index (χ2v) is 6.60. The van der Waals surface area contributed by atoms with Crippen molar-refractivity contribution in [3.05, 3.63) is 63.3 Å². The number of rotatable bonds is 4. The van der Waals surface area contributed by atoms with E-state index in [0.29, 0.717) is 27.4 Å². The fraction of sp³-hybridized carbons (Fsp3) is 0. The molecule has 5 nitrogen and oxygen atoms in total. The Balaban J connectivity index is 1.86. The topological polar surface area (TPSA) is 75.9 Å². The van der Waals surface area contributed by atoms with Gasteiger partial charge in [0.1, 0.15) is 12.0 Å². The minimum atomic E-state index is 0.392. The second kappa shape index (κ2) is 7.25. The van der Waals surface area contributed by atoms with Gasteiger partial charge in [0.05, 0.1) is 10.0 Å². The van der Waals surface area contributed by atoms with Crippen LogP contribution in [0.5, 0.6) is 0 Å². The van der Waals surface area contributed by atoms with Gasteiger partial charge in [-0.2, -0.15) is 0 Å². The van der Waals surface area contributed by atoms with Crippen LogP contribution in [0.25, 0.3) is 0 Å². The third-order valence-electron chi connectivity index (χ3n) is 3.15. The highest BCUT2D eigenvalue weighted by Gasteiger charge is 2.09. The maximum Gasteiger partial charge on any atom is 0.159 e. The fourth-order valence-corrected chi connectivity index (χ4v) is 2.71. The van der Waals surface area contributed by atoms with Crippen molar-refractivity contribution in [1.82, 2.24) is 9.97 Å². The lowest BCUT2D eigenvalue weighted by molar-refractivity contribution is 1.17. The molecule has 8 heteroatoms. The summed E-state index contributed by atoms with van der Waals surface area (Å²) in [6, 6.07) is 12.9.